The zero-order chi connectivity index (χ0) is 11.5. The minimum absolute atomic E-state index is 0.959. The fourth-order valence-corrected chi connectivity index (χ4v) is 2.87. The van der Waals surface area contributed by atoms with Gasteiger partial charge in [0, 0.05) is 18.8 Å². The molecule has 0 unspecified atom stereocenters. The van der Waals surface area contributed by atoms with E-state index in [0.29, 0.717) is 0 Å². The Bertz CT molecular complexity index is 328. The van der Waals surface area contributed by atoms with Crippen LogP contribution in [0.2, 0.25) is 0 Å². The SMILES string of the molecule is CCC1CCN(c2c(C)cccc2C)CC1. The molecule has 1 heterocycles. The highest BCUT2D eigenvalue weighted by Gasteiger charge is 2.19. The van der Waals surface area contributed by atoms with Crippen molar-refractivity contribution in [3.05, 3.63) is 29.3 Å². The van der Waals surface area contributed by atoms with Crippen molar-refractivity contribution in [3.63, 3.8) is 0 Å². The van der Waals surface area contributed by atoms with Gasteiger partial charge in [-0.1, -0.05) is 31.5 Å². The normalized spacial score (nSPS) is 17.8. The molecule has 0 radical (unpaired) electrons. The fraction of sp³-hybridized carbons (Fsp3) is 0.600. The predicted octanol–water partition coefficient (Wildman–Crippen LogP) is 3.93. The van der Waals surface area contributed by atoms with Crippen molar-refractivity contribution in [1.29, 1.82) is 0 Å². The maximum atomic E-state index is 2.58. The highest BCUT2D eigenvalue weighted by molar-refractivity contribution is 5.59. The van der Waals surface area contributed by atoms with Crippen LogP contribution < -0.4 is 4.90 Å². The summed E-state index contributed by atoms with van der Waals surface area (Å²) in [7, 11) is 0. The molecule has 0 atom stereocenters. The molecule has 1 heteroatoms. The summed E-state index contributed by atoms with van der Waals surface area (Å²) >= 11 is 0. The van der Waals surface area contributed by atoms with E-state index in [1.807, 2.05) is 0 Å². The zero-order valence-corrected chi connectivity index (χ0v) is 10.8. The molecule has 0 amide bonds. The lowest BCUT2D eigenvalue weighted by Crippen LogP contribution is -2.34. The molecular formula is C15H23N. The van der Waals surface area contributed by atoms with Crippen LogP contribution in [0.5, 0.6) is 0 Å². The van der Waals surface area contributed by atoms with Gasteiger partial charge in [-0.15, -0.1) is 0 Å². The molecule has 2 rings (SSSR count). The van der Waals surface area contributed by atoms with Gasteiger partial charge in [-0.05, 0) is 43.7 Å². The Morgan fingerprint density at radius 3 is 2.19 bits per heavy atom. The number of hydrogen-bond acceptors (Lipinski definition) is 1. The van der Waals surface area contributed by atoms with Crippen LogP contribution in [0.4, 0.5) is 5.69 Å². The molecule has 1 aromatic carbocycles. The second kappa shape index (κ2) is 4.90. The van der Waals surface area contributed by atoms with Crippen LogP contribution in [-0.4, -0.2) is 13.1 Å². The number of hydrogen-bond donors (Lipinski definition) is 0. The first-order chi connectivity index (χ1) is 7.72. The molecular weight excluding hydrogens is 194 g/mol. The van der Waals surface area contributed by atoms with E-state index in [-0.39, 0.29) is 0 Å². The van der Waals surface area contributed by atoms with Crippen molar-refractivity contribution in [2.45, 2.75) is 40.0 Å². The fourth-order valence-electron chi connectivity index (χ4n) is 2.87. The van der Waals surface area contributed by atoms with Crippen LogP contribution in [0.3, 0.4) is 0 Å². The Balaban J connectivity index is 2.14. The summed E-state index contributed by atoms with van der Waals surface area (Å²) < 4.78 is 0. The number of aryl methyl sites for hydroxylation is 2. The van der Waals surface area contributed by atoms with Gasteiger partial charge in [-0.25, -0.2) is 0 Å². The molecule has 1 fully saturated rings. The third-order valence-corrected chi connectivity index (χ3v) is 3.95. The van der Waals surface area contributed by atoms with E-state index in [0.717, 1.165) is 5.92 Å². The van der Waals surface area contributed by atoms with Crippen LogP contribution in [0.25, 0.3) is 0 Å². The smallest absolute Gasteiger partial charge is 0.0425 e. The topological polar surface area (TPSA) is 3.24 Å². The van der Waals surface area contributed by atoms with Gasteiger partial charge in [0.15, 0.2) is 0 Å². The van der Waals surface area contributed by atoms with E-state index in [4.69, 9.17) is 0 Å². The van der Waals surface area contributed by atoms with Gasteiger partial charge >= 0.3 is 0 Å². The van der Waals surface area contributed by atoms with Crippen molar-refractivity contribution in [2.75, 3.05) is 18.0 Å². The van der Waals surface area contributed by atoms with E-state index in [2.05, 4.69) is 43.9 Å². The average molecular weight is 217 g/mol. The van der Waals surface area contributed by atoms with E-state index >= 15 is 0 Å². The summed E-state index contributed by atoms with van der Waals surface area (Å²) in [4.78, 5) is 2.58. The lowest BCUT2D eigenvalue weighted by atomic mass is 9.93. The van der Waals surface area contributed by atoms with Crippen molar-refractivity contribution in [3.8, 4) is 0 Å². The van der Waals surface area contributed by atoms with E-state index in [1.165, 1.54) is 49.2 Å². The average Bonchev–Trinajstić information content (AvgIpc) is 2.30. The third kappa shape index (κ3) is 2.23. The Labute approximate surface area is 99.5 Å². The summed E-state index contributed by atoms with van der Waals surface area (Å²) in [6.45, 7) is 9.26. The van der Waals surface area contributed by atoms with Crippen molar-refractivity contribution in [2.24, 2.45) is 5.92 Å². The summed E-state index contributed by atoms with van der Waals surface area (Å²) in [5.74, 6) is 0.959. The quantitative estimate of drug-likeness (QED) is 0.725. The van der Waals surface area contributed by atoms with Gasteiger partial charge in [-0.3, -0.25) is 0 Å². The maximum Gasteiger partial charge on any atom is 0.0425 e. The van der Waals surface area contributed by atoms with Crippen molar-refractivity contribution in [1.82, 2.24) is 0 Å². The number of benzene rings is 1. The maximum absolute atomic E-state index is 2.58. The Hall–Kier alpha value is -0.980. The van der Waals surface area contributed by atoms with Gasteiger partial charge in [-0.2, -0.15) is 0 Å². The molecule has 0 spiro atoms. The summed E-state index contributed by atoms with van der Waals surface area (Å²) in [5.41, 5.74) is 4.34. The number of piperidine rings is 1. The largest absolute Gasteiger partial charge is 0.371 e. The van der Waals surface area contributed by atoms with Crippen LogP contribution in [0.1, 0.15) is 37.3 Å². The number of anilines is 1. The van der Waals surface area contributed by atoms with E-state index in [1.54, 1.807) is 0 Å². The number of para-hydroxylation sites is 1. The Kier molecular flexibility index (Phi) is 3.52. The molecule has 0 aromatic heterocycles. The van der Waals surface area contributed by atoms with Gasteiger partial charge in [0.05, 0.1) is 0 Å². The van der Waals surface area contributed by atoms with Gasteiger partial charge in [0.2, 0.25) is 0 Å². The molecule has 16 heavy (non-hydrogen) atoms. The lowest BCUT2D eigenvalue weighted by Gasteiger charge is -2.35. The lowest BCUT2D eigenvalue weighted by molar-refractivity contribution is 0.394. The van der Waals surface area contributed by atoms with Crippen LogP contribution in [0.15, 0.2) is 18.2 Å². The standard InChI is InChI=1S/C15H23N/c1-4-14-8-10-16(11-9-14)15-12(2)6-5-7-13(15)3/h5-7,14H,4,8-11H2,1-3H3. The molecule has 1 aliphatic rings. The Morgan fingerprint density at radius 2 is 1.69 bits per heavy atom. The third-order valence-electron chi connectivity index (χ3n) is 3.95. The molecule has 1 aliphatic heterocycles. The minimum atomic E-state index is 0.959. The summed E-state index contributed by atoms with van der Waals surface area (Å²) in [6, 6.07) is 6.62. The number of rotatable bonds is 2. The van der Waals surface area contributed by atoms with Gasteiger partial charge in [0.25, 0.3) is 0 Å². The zero-order valence-electron chi connectivity index (χ0n) is 10.8. The molecule has 0 saturated carbocycles. The first-order valence-corrected chi connectivity index (χ1v) is 6.53. The molecule has 1 aromatic rings. The van der Waals surface area contributed by atoms with Gasteiger partial charge < -0.3 is 4.90 Å². The predicted molar refractivity (Wildman–Crippen MR) is 71.1 cm³/mol. The first kappa shape index (κ1) is 11.5. The number of nitrogens with zero attached hydrogens (tertiary/aromatic N) is 1. The van der Waals surface area contributed by atoms with E-state index < -0.39 is 0 Å². The van der Waals surface area contributed by atoms with Crippen LogP contribution in [0, 0.1) is 19.8 Å². The van der Waals surface area contributed by atoms with Crippen LogP contribution in [-0.2, 0) is 0 Å². The summed E-state index contributed by atoms with van der Waals surface area (Å²) in [6.07, 6.45) is 4.08. The summed E-state index contributed by atoms with van der Waals surface area (Å²) in [5, 5.41) is 0. The second-order valence-electron chi connectivity index (χ2n) is 5.08. The van der Waals surface area contributed by atoms with Crippen LogP contribution >= 0.6 is 0 Å². The van der Waals surface area contributed by atoms with Gasteiger partial charge in [0.1, 0.15) is 0 Å². The van der Waals surface area contributed by atoms with E-state index in [9.17, 15) is 0 Å². The molecule has 1 saturated heterocycles. The molecule has 0 aliphatic carbocycles. The molecule has 0 N–H and O–H groups in total. The highest BCUT2D eigenvalue weighted by atomic mass is 15.1. The van der Waals surface area contributed by atoms with Crippen molar-refractivity contribution >= 4 is 5.69 Å². The molecule has 88 valence electrons. The minimum Gasteiger partial charge on any atom is -0.371 e. The molecule has 1 nitrogen and oxygen atoms in total. The monoisotopic (exact) mass is 217 g/mol. The second-order valence-corrected chi connectivity index (χ2v) is 5.08. The Morgan fingerprint density at radius 1 is 1.12 bits per heavy atom. The first-order valence-electron chi connectivity index (χ1n) is 6.53. The molecule has 0 bridgehead atoms. The highest BCUT2D eigenvalue weighted by Crippen LogP contribution is 2.29. The van der Waals surface area contributed by atoms with Crippen molar-refractivity contribution < 1.29 is 0 Å².